The van der Waals surface area contributed by atoms with Gasteiger partial charge < -0.3 is 4.74 Å². The van der Waals surface area contributed by atoms with E-state index in [1.165, 1.54) is 7.11 Å². The number of thioether (sulfide) groups is 1. The van der Waals surface area contributed by atoms with E-state index in [-0.39, 0.29) is 11.9 Å². The molecule has 0 amide bonds. The number of hydrazone groups is 1. The Hall–Kier alpha value is -0.910. The SMILES string of the molecule is COC(=O)[C@@H]1CSCCC1=NNc1ccc(Cl)cc1Cl. The van der Waals surface area contributed by atoms with Gasteiger partial charge >= 0.3 is 5.97 Å². The minimum atomic E-state index is -0.294. The van der Waals surface area contributed by atoms with Gasteiger partial charge in [0.2, 0.25) is 0 Å². The fourth-order valence-electron chi connectivity index (χ4n) is 1.84. The van der Waals surface area contributed by atoms with Crippen molar-refractivity contribution >= 4 is 52.3 Å². The van der Waals surface area contributed by atoms with Gasteiger partial charge in [-0.1, -0.05) is 23.2 Å². The van der Waals surface area contributed by atoms with E-state index >= 15 is 0 Å². The van der Waals surface area contributed by atoms with Crippen molar-refractivity contribution in [3.05, 3.63) is 28.2 Å². The summed E-state index contributed by atoms with van der Waals surface area (Å²) in [5.74, 6) is 1.10. The molecule has 1 aromatic rings. The van der Waals surface area contributed by atoms with E-state index < -0.39 is 0 Å². The molecule has 4 nitrogen and oxygen atoms in total. The Morgan fingerprint density at radius 2 is 2.30 bits per heavy atom. The third-order valence-corrected chi connectivity index (χ3v) is 4.54. The molecule has 0 unspecified atom stereocenters. The number of esters is 1. The van der Waals surface area contributed by atoms with E-state index in [4.69, 9.17) is 27.9 Å². The first-order chi connectivity index (χ1) is 9.61. The minimum Gasteiger partial charge on any atom is -0.468 e. The molecule has 0 radical (unpaired) electrons. The molecule has 1 saturated heterocycles. The molecular weight excluding hydrogens is 319 g/mol. The monoisotopic (exact) mass is 332 g/mol. The highest BCUT2D eigenvalue weighted by molar-refractivity contribution is 7.99. The van der Waals surface area contributed by atoms with Crippen molar-refractivity contribution in [2.75, 3.05) is 24.0 Å². The summed E-state index contributed by atoms with van der Waals surface area (Å²) in [6.45, 7) is 0. The highest BCUT2D eigenvalue weighted by atomic mass is 35.5. The van der Waals surface area contributed by atoms with E-state index in [0.717, 1.165) is 17.9 Å². The number of methoxy groups -OCH3 is 1. The predicted octanol–water partition coefficient (Wildman–Crippen LogP) is 3.69. The van der Waals surface area contributed by atoms with Gasteiger partial charge in [-0.3, -0.25) is 10.2 Å². The smallest absolute Gasteiger partial charge is 0.315 e. The van der Waals surface area contributed by atoms with Gasteiger partial charge in [-0.05, 0) is 30.4 Å². The number of ether oxygens (including phenoxy) is 1. The summed E-state index contributed by atoms with van der Waals surface area (Å²) in [4.78, 5) is 11.7. The first-order valence-electron chi connectivity index (χ1n) is 6.05. The second kappa shape index (κ2) is 7.20. The lowest BCUT2D eigenvalue weighted by Gasteiger charge is -2.21. The maximum atomic E-state index is 11.7. The van der Waals surface area contributed by atoms with Gasteiger partial charge in [0.25, 0.3) is 0 Å². The van der Waals surface area contributed by atoms with Crippen LogP contribution in [0.5, 0.6) is 0 Å². The number of rotatable bonds is 3. The van der Waals surface area contributed by atoms with E-state index in [9.17, 15) is 4.79 Å². The number of carbonyl (C=O) groups is 1. The van der Waals surface area contributed by atoms with Crippen molar-refractivity contribution in [2.45, 2.75) is 6.42 Å². The van der Waals surface area contributed by atoms with Crippen LogP contribution in [0.1, 0.15) is 6.42 Å². The highest BCUT2D eigenvalue weighted by Gasteiger charge is 2.28. The van der Waals surface area contributed by atoms with Gasteiger partial charge in [-0.25, -0.2) is 0 Å². The first kappa shape index (κ1) is 15.5. The summed E-state index contributed by atoms with van der Waals surface area (Å²) >= 11 is 13.6. The lowest BCUT2D eigenvalue weighted by Crippen LogP contribution is -2.31. The second-order valence-corrected chi connectivity index (χ2v) is 6.23. The molecular formula is C13H14Cl2N2O2S. The van der Waals surface area contributed by atoms with Crippen molar-refractivity contribution in [1.82, 2.24) is 0 Å². The topological polar surface area (TPSA) is 50.7 Å². The Balaban J connectivity index is 2.13. The van der Waals surface area contributed by atoms with E-state index in [2.05, 4.69) is 10.5 Å². The Kier molecular flexibility index (Phi) is 5.57. The summed E-state index contributed by atoms with van der Waals surface area (Å²) in [6.07, 6.45) is 0.753. The summed E-state index contributed by atoms with van der Waals surface area (Å²) in [6, 6.07) is 5.12. The average molecular weight is 333 g/mol. The molecule has 1 aromatic carbocycles. The number of halogens is 2. The second-order valence-electron chi connectivity index (χ2n) is 4.24. The number of carbonyl (C=O) groups excluding carboxylic acids is 1. The van der Waals surface area contributed by atoms with Gasteiger partial charge in [0.15, 0.2) is 0 Å². The van der Waals surface area contributed by atoms with Crippen LogP contribution in [0.15, 0.2) is 23.3 Å². The van der Waals surface area contributed by atoms with Crippen LogP contribution in [0.25, 0.3) is 0 Å². The number of hydrogen-bond donors (Lipinski definition) is 1. The van der Waals surface area contributed by atoms with Crippen molar-refractivity contribution < 1.29 is 9.53 Å². The Bertz CT molecular complexity index is 537. The molecule has 0 saturated carbocycles. The highest BCUT2D eigenvalue weighted by Crippen LogP contribution is 2.26. The maximum absolute atomic E-state index is 11.7. The molecule has 1 aliphatic heterocycles. The van der Waals surface area contributed by atoms with E-state index in [1.54, 1.807) is 30.0 Å². The summed E-state index contributed by atoms with van der Waals surface area (Å²) < 4.78 is 4.81. The average Bonchev–Trinajstić information content (AvgIpc) is 2.46. The van der Waals surface area contributed by atoms with Gasteiger partial charge in [0, 0.05) is 10.8 Å². The molecule has 1 fully saturated rings. The van der Waals surface area contributed by atoms with Crippen molar-refractivity contribution in [1.29, 1.82) is 0 Å². The first-order valence-corrected chi connectivity index (χ1v) is 7.96. The molecule has 20 heavy (non-hydrogen) atoms. The Labute approximate surface area is 131 Å². The molecule has 0 bridgehead atoms. The largest absolute Gasteiger partial charge is 0.468 e. The van der Waals surface area contributed by atoms with Crippen LogP contribution in [0.4, 0.5) is 5.69 Å². The zero-order valence-corrected chi connectivity index (χ0v) is 13.2. The summed E-state index contributed by atoms with van der Waals surface area (Å²) in [5.41, 5.74) is 4.35. The van der Waals surface area contributed by atoms with Crippen molar-refractivity contribution in [2.24, 2.45) is 11.0 Å². The molecule has 1 heterocycles. The fourth-order valence-corrected chi connectivity index (χ4v) is 3.38. The van der Waals surface area contributed by atoms with Crippen LogP contribution in [0.2, 0.25) is 10.0 Å². The van der Waals surface area contributed by atoms with E-state index in [1.807, 2.05) is 0 Å². The van der Waals surface area contributed by atoms with Crippen LogP contribution in [0, 0.1) is 5.92 Å². The number of benzene rings is 1. The molecule has 0 spiro atoms. The summed E-state index contributed by atoms with van der Waals surface area (Å²) in [5, 5.41) is 5.37. The zero-order valence-electron chi connectivity index (χ0n) is 10.9. The molecule has 2 rings (SSSR count). The van der Waals surface area contributed by atoms with Crippen LogP contribution in [-0.2, 0) is 9.53 Å². The molecule has 1 aliphatic rings. The van der Waals surface area contributed by atoms with E-state index in [0.29, 0.717) is 21.5 Å². The lowest BCUT2D eigenvalue weighted by molar-refractivity contribution is -0.142. The normalized spacial score (nSPS) is 20.8. The van der Waals surface area contributed by atoms with Crippen LogP contribution in [0.3, 0.4) is 0 Å². The summed E-state index contributed by atoms with van der Waals surface area (Å²) in [7, 11) is 1.39. The molecule has 7 heteroatoms. The van der Waals surface area contributed by atoms with Crippen molar-refractivity contribution in [3.63, 3.8) is 0 Å². The third kappa shape index (κ3) is 3.81. The number of nitrogens with zero attached hydrogens (tertiary/aromatic N) is 1. The van der Waals surface area contributed by atoms with Crippen LogP contribution in [-0.4, -0.2) is 30.3 Å². The standard InChI is InChI=1S/C13H14Cl2N2O2S/c1-19-13(18)9-7-20-5-4-11(9)16-17-12-3-2-8(14)6-10(12)15/h2-3,6,9,17H,4-5,7H2,1H3/t9-/m1/s1. The Morgan fingerprint density at radius 1 is 1.50 bits per heavy atom. The van der Waals surface area contributed by atoms with Crippen LogP contribution < -0.4 is 5.43 Å². The van der Waals surface area contributed by atoms with Crippen molar-refractivity contribution in [3.8, 4) is 0 Å². The van der Waals surface area contributed by atoms with Gasteiger partial charge in [0.05, 0.1) is 23.5 Å². The molecule has 0 aromatic heterocycles. The quantitative estimate of drug-likeness (QED) is 0.677. The third-order valence-electron chi connectivity index (χ3n) is 2.93. The molecule has 1 N–H and O–H groups in total. The fraction of sp³-hybridized carbons (Fsp3) is 0.385. The van der Waals surface area contributed by atoms with Gasteiger partial charge in [-0.15, -0.1) is 0 Å². The van der Waals surface area contributed by atoms with Gasteiger partial charge in [0.1, 0.15) is 5.92 Å². The minimum absolute atomic E-state index is 0.250. The number of anilines is 1. The maximum Gasteiger partial charge on any atom is 0.315 e. The van der Waals surface area contributed by atoms with Gasteiger partial charge in [-0.2, -0.15) is 16.9 Å². The molecule has 1 atom stereocenters. The predicted molar refractivity (Wildman–Crippen MR) is 85.0 cm³/mol. The molecule has 0 aliphatic carbocycles. The zero-order chi connectivity index (χ0) is 14.5. The molecule has 108 valence electrons. The Morgan fingerprint density at radius 3 is 3.00 bits per heavy atom. The number of hydrogen-bond acceptors (Lipinski definition) is 5. The van der Waals surface area contributed by atoms with Crippen LogP contribution >= 0.6 is 35.0 Å². The number of nitrogens with one attached hydrogen (secondary N) is 1. The lowest BCUT2D eigenvalue weighted by atomic mass is 10.0.